The zero-order chi connectivity index (χ0) is 15.1. The monoisotopic (exact) mass is 301 g/mol. The summed E-state index contributed by atoms with van der Waals surface area (Å²) in [6, 6.07) is 0.279. The average Bonchev–Trinajstić information content (AvgIpc) is 2.32. The van der Waals surface area contributed by atoms with E-state index in [1.165, 1.54) is 0 Å². The van der Waals surface area contributed by atoms with Gasteiger partial charge in [-0.1, -0.05) is 0 Å². The molecule has 114 valence electrons. The molecule has 0 saturated carbocycles. The van der Waals surface area contributed by atoms with Gasteiger partial charge in [-0.15, -0.1) is 0 Å². The second-order valence-electron chi connectivity index (χ2n) is 5.09. The molecule has 7 heteroatoms. The zero-order valence-electron chi connectivity index (χ0n) is 12.9. The first-order chi connectivity index (χ1) is 9.42. The van der Waals surface area contributed by atoms with Crippen molar-refractivity contribution in [2.45, 2.75) is 33.3 Å². The van der Waals surface area contributed by atoms with Crippen molar-refractivity contribution in [2.75, 3.05) is 38.6 Å². The van der Waals surface area contributed by atoms with Gasteiger partial charge in [0, 0.05) is 13.1 Å². The van der Waals surface area contributed by atoms with Crippen molar-refractivity contribution in [3.05, 3.63) is 5.28 Å². The Kier molecular flexibility index (Phi) is 6.95. The van der Waals surface area contributed by atoms with Crippen LogP contribution in [0.3, 0.4) is 0 Å². The molecular formula is C13H24ClN5O. The normalized spacial score (nSPS) is 11.2. The molecule has 0 spiro atoms. The van der Waals surface area contributed by atoms with Gasteiger partial charge in [0.15, 0.2) is 0 Å². The fourth-order valence-corrected chi connectivity index (χ4v) is 1.85. The Morgan fingerprint density at radius 1 is 1.15 bits per heavy atom. The third-order valence-electron chi connectivity index (χ3n) is 2.61. The van der Waals surface area contributed by atoms with Gasteiger partial charge in [-0.2, -0.15) is 15.0 Å². The number of aromatic nitrogens is 3. The summed E-state index contributed by atoms with van der Waals surface area (Å²) in [5, 5.41) is 0.164. The number of ether oxygens (including phenoxy) is 1. The van der Waals surface area contributed by atoms with Crippen molar-refractivity contribution in [3.8, 4) is 6.01 Å². The van der Waals surface area contributed by atoms with E-state index in [9.17, 15) is 0 Å². The van der Waals surface area contributed by atoms with Crippen LogP contribution >= 0.6 is 11.6 Å². The topological polar surface area (TPSA) is 54.4 Å². The van der Waals surface area contributed by atoms with Gasteiger partial charge < -0.3 is 14.5 Å². The van der Waals surface area contributed by atoms with E-state index in [4.69, 9.17) is 16.3 Å². The molecule has 0 saturated heterocycles. The highest BCUT2D eigenvalue weighted by molar-refractivity contribution is 6.28. The maximum atomic E-state index is 5.94. The van der Waals surface area contributed by atoms with Gasteiger partial charge in [-0.05, 0) is 59.4 Å². The third-order valence-corrected chi connectivity index (χ3v) is 2.78. The SMILES string of the molecule is CCN(CCCN(C)C)c1nc(Cl)nc(OC(C)C)n1. The molecule has 0 aromatic carbocycles. The highest BCUT2D eigenvalue weighted by Crippen LogP contribution is 2.16. The van der Waals surface area contributed by atoms with Gasteiger partial charge >= 0.3 is 6.01 Å². The minimum absolute atomic E-state index is 0.00475. The molecule has 0 bridgehead atoms. The molecule has 0 radical (unpaired) electrons. The lowest BCUT2D eigenvalue weighted by atomic mass is 10.3. The summed E-state index contributed by atoms with van der Waals surface area (Å²) in [6.45, 7) is 8.62. The van der Waals surface area contributed by atoms with Crippen LogP contribution in [0.2, 0.25) is 5.28 Å². The Hall–Kier alpha value is -1.14. The summed E-state index contributed by atoms with van der Waals surface area (Å²) in [4.78, 5) is 16.7. The van der Waals surface area contributed by atoms with E-state index in [0.29, 0.717) is 5.95 Å². The Morgan fingerprint density at radius 2 is 1.85 bits per heavy atom. The third kappa shape index (κ3) is 5.88. The van der Waals surface area contributed by atoms with E-state index in [-0.39, 0.29) is 17.4 Å². The lowest BCUT2D eigenvalue weighted by Gasteiger charge is -2.22. The van der Waals surface area contributed by atoms with Crippen molar-refractivity contribution in [1.82, 2.24) is 19.9 Å². The number of nitrogens with zero attached hydrogens (tertiary/aromatic N) is 5. The van der Waals surface area contributed by atoms with E-state index in [0.717, 1.165) is 26.1 Å². The molecule has 0 fully saturated rings. The molecule has 20 heavy (non-hydrogen) atoms. The van der Waals surface area contributed by atoms with Gasteiger partial charge in [0.2, 0.25) is 11.2 Å². The van der Waals surface area contributed by atoms with Gasteiger partial charge in [0.1, 0.15) is 0 Å². The number of hydrogen-bond acceptors (Lipinski definition) is 6. The lowest BCUT2D eigenvalue weighted by molar-refractivity contribution is 0.221. The fourth-order valence-electron chi connectivity index (χ4n) is 1.70. The van der Waals surface area contributed by atoms with E-state index in [2.05, 4.69) is 45.8 Å². The molecule has 0 N–H and O–H groups in total. The summed E-state index contributed by atoms with van der Waals surface area (Å²) < 4.78 is 5.49. The van der Waals surface area contributed by atoms with Crippen LogP contribution < -0.4 is 9.64 Å². The largest absolute Gasteiger partial charge is 0.461 e. The zero-order valence-corrected chi connectivity index (χ0v) is 13.7. The smallest absolute Gasteiger partial charge is 0.322 e. The second-order valence-corrected chi connectivity index (χ2v) is 5.43. The van der Waals surface area contributed by atoms with Crippen LogP contribution in [0.25, 0.3) is 0 Å². The molecule has 0 atom stereocenters. The second kappa shape index (κ2) is 8.21. The van der Waals surface area contributed by atoms with Gasteiger partial charge in [-0.25, -0.2) is 0 Å². The first-order valence-electron chi connectivity index (χ1n) is 6.90. The van der Waals surface area contributed by atoms with Crippen molar-refractivity contribution in [1.29, 1.82) is 0 Å². The van der Waals surface area contributed by atoms with Crippen LogP contribution in [0.15, 0.2) is 0 Å². The van der Waals surface area contributed by atoms with E-state index >= 15 is 0 Å². The molecule has 1 aromatic rings. The Labute approximate surface area is 126 Å². The number of halogens is 1. The van der Waals surface area contributed by atoms with E-state index in [1.54, 1.807) is 0 Å². The van der Waals surface area contributed by atoms with E-state index < -0.39 is 0 Å². The molecular weight excluding hydrogens is 278 g/mol. The molecule has 6 nitrogen and oxygen atoms in total. The maximum absolute atomic E-state index is 5.94. The molecule has 0 amide bonds. The molecule has 1 heterocycles. The Balaban J connectivity index is 2.77. The van der Waals surface area contributed by atoms with Gasteiger partial charge in [-0.3, -0.25) is 0 Å². The molecule has 1 rings (SSSR count). The average molecular weight is 302 g/mol. The minimum atomic E-state index is 0.00475. The van der Waals surface area contributed by atoms with Crippen LogP contribution in [0.4, 0.5) is 5.95 Å². The first-order valence-corrected chi connectivity index (χ1v) is 7.28. The van der Waals surface area contributed by atoms with Crippen molar-refractivity contribution in [2.24, 2.45) is 0 Å². The fraction of sp³-hybridized carbons (Fsp3) is 0.769. The van der Waals surface area contributed by atoms with Crippen LogP contribution in [0.1, 0.15) is 27.2 Å². The standard InChI is InChI=1S/C13H24ClN5O/c1-6-19(9-7-8-18(4)5)12-15-11(14)16-13(17-12)20-10(2)3/h10H,6-9H2,1-5H3. The highest BCUT2D eigenvalue weighted by Gasteiger charge is 2.13. The first kappa shape index (κ1) is 16.9. The summed E-state index contributed by atoms with van der Waals surface area (Å²) >= 11 is 5.94. The molecule has 0 aliphatic carbocycles. The highest BCUT2D eigenvalue weighted by atomic mass is 35.5. The van der Waals surface area contributed by atoms with Crippen LogP contribution in [0, 0.1) is 0 Å². The van der Waals surface area contributed by atoms with Gasteiger partial charge in [0.25, 0.3) is 0 Å². The van der Waals surface area contributed by atoms with Crippen LogP contribution in [-0.4, -0.2) is 59.7 Å². The molecule has 1 aromatic heterocycles. The lowest BCUT2D eigenvalue weighted by Crippen LogP contribution is -2.29. The Bertz CT molecular complexity index is 414. The van der Waals surface area contributed by atoms with Crippen molar-refractivity contribution >= 4 is 17.5 Å². The maximum Gasteiger partial charge on any atom is 0.322 e. The molecule has 0 aliphatic rings. The predicted molar refractivity (Wildman–Crippen MR) is 81.7 cm³/mol. The van der Waals surface area contributed by atoms with Crippen molar-refractivity contribution < 1.29 is 4.74 Å². The Morgan fingerprint density at radius 3 is 2.40 bits per heavy atom. The van der Waals surface area contributed by atoms with Gasteiger partial charge in [0.05, 0.1) is 6.10 Å². The summed E-state index contributed by atoms with van der Waals surface area (Å²) in [5.41, 5.74) is 0. The van der Waals surface area contributed by atoms with Crippen LogP contribution in [0.5, 0.6) is 6.01 Å². The molecule has 0 unspecified atom stereocenters. The number of rotatable bonds is 8. The molecule has 0 aliphatic heterocycles. The summed E-state index contributed by atoms with van der Waals surface area (Å²) in [6.07, 6.45) is 1.04. The minimum Gasteiger partial charge on any atom is -0.461 e. The summed E-state index contributed by atoms with van der Waals surface area (Å²) in [5.74, 6) is 0.571. The number of hydrogen-bond donors (Lipinski definition) is 0. The quantitative estimate of drug-likeness (QED) is 0.733. The van der Waals surface area contributed by atoms with Crippen molar-refractivity contribution in [3.63, 3.8) is 0 Å². The van der Waals surface area contributed by atoms with E-state index in [1.807, 2.05) is 13.8 Å². The predicted octanol–water partition coefficient (Wildman–Crippen LogP) is 2.09. The summed E-state index contributed by atoms with van der Waals surface area (Å²) in [7, 11) is 4.12. The van der Waals surface area contributed by atoms with Crippen LogP contribution in [-0.2, 0) is 0 Å². The number of anilines is 1.